The minimum absolute atomic E-state index is 0.256. The highest BCUT2D eigenvalue weighted by Crippen LogP contribution is 2.28. The van der Waals surface area contributed by atoms with Crippen molar-refractivity contribution in [3.8, 4) is 0 Å². The maximum Gasteiger partial charge on any atom is 0.227 e. The van der Waals surface area contributed by atoms with E-state index in [4.69, 9.17) is 0 Å². The first kappa shape index (κ1) is 18.5. The second kappa shape index (κ2) is 8.42. The first-order valence-electron chi connectivity index (χ1n) is 10.6. The second-order valence-corrected chi connectivity index (χ2v) is 8.28. The molecule has 1 aromatic rings. The molecule has 0 aromatic heterocycles. The Morgan fingerprint density at radius 1 is 1.04 bits per heavy atom. The molecule has 1 N–H and O–H groups in total. The molecule has 2 aliphatic heterocycles. The Labute approximate surface area is 162 Å². The Morgan fingerprint density at radius 2 is 1.81 bits per heavy atom. The quantitative estimate of drug-likeness (QED) is 0.839. The zero-order valence-electron chi connectivity index (χ0n) is 16.2. The highest BCUT2D eigenvalue weighted by molar-refractivity contribution is 5.96. The molecule has 3 aliphatic rings. The SMILES string of the molecule is O=C(NC1CCN(CCCN2C(=O)CCc3ccccc32)CC1)C1CCC1. The van der Waals surface area contributed by atoms with Crippen LogP contribution in [-0.2, 0) is 16.0 Å². The van der Waals surface area contributed by atoms with Gasteiger partial charge in [0.1, 0.15) is 0 Å². The van der Waals surface area contributed by atoms with Gasteiger partial charge < -0.3 is 15.1 Å². The number of aryl methyl sites for hydroxylation is 1. The van der Waals surface area contributed by atoms with Crippen molar-refractivity contribution >= 4 is 17.5 Å². The molecule has 2 heterocycles. The number of hydrogen-bond donors (Lipinski definition) is 1. The molecule has 1 aliphatic carbocycles. The Balaban J connectivity index is 1.19. The molecule has 0 bridgehead atoms. The van der Waals surface area contributed by atoms with Gasteiger partial charge in [-0.25, -0.2) is 0 Å². The average Bonchev–Trinajstić information content (AvgIpc) is 2.63. The minimum atomic E-state index is 0.256. The van der Waals surface area contributed by atoms with E-state index in [-0.39, 0.29) is 17.7 Å². The van der Waals surface area contributed by atoms with Crippen LogP contribution in [-0.4, -0.2) is 48.9 Å². The van der Waals surface area contributed by atoms with Gasteiger partial charge >= 0.3 is 0 Å². The first-order valence-corrected chi connectivity index (χ1v) is 10.6. The molecular formula is C22H31N3O2. The Hall–Kier alpha value is -1.88. The van der Waals surface area contributed by atoms with E-state index in [2.05, 4.69) is 28.4 Å². The maximum atomic E-state index is 12.3. The minimum Gasteiger partial charge on any atom is -0.353 e. The van der Waals surface area contributed by atoms with Gasteiger partial charge in [-0.15, -0.1) is 0 Å². The molecule has 5 nitrogen and oxygen atoms in total. The van der Waals surface area contributed by atoms with Crippen LogP contribution >= 0.6 is 0 Å². The van der Waals surface area contributed by atoms with Gasteiger partial charge in [-0.05, 0) is 56.7 Å². The molecule has 0 radical (unpaired) electrons. The lowest BCUT2D eigenvalue weighted by molar-refractivity contribution is -0.128. The van der Waals surface area contributed by atoms with Gasteiger partial charge in [-0.1, -0.05) is 24.6 Å². The predicted octanol–water partition coefficient (Wildman–Crippen LogP) is 2.74. The van der Waals surface area contributed by atoms with Crippen LogP contribution in [0.3, 0.4) is 0 Å². The van der Waals surface area contributed by atoms with Gasteiger partial charge in [0.25, 0.3) is 0 Å². The van der Waals surface area contributed by atoms with Crippen molar-refractivity contribution in [3.63, 3.8) is 0 Å². The van der Waals surface area contributed by atoms with E-state index in [1.165, 1.54) is 12.0 Å². The van der Waals surface area contributed by atoms with Crippen molar-refractivity contribution in [3.05, 3.63) is 29.8 Å². The van der Waals surface area contributed by atoms with Crippen molar-refractivity contribution in [1.82, 2.24) is 10.2 Å². The van der Waals surface area contributed by atoms with Crippen LogP contribution in [0.2, 0.25) is 0 Å². The van der Waals surface area contributed by atoms with Crippen LogP contribution in [0.15, 0.2) is 24.3 Å². The van der Waals surface area contributed by atoms with Crippen molar-refractivity contribution in [2.24, 2.45) is 5.92 Å². The van der Waals surface area contributed by atoms with E-state index >= 15 is 0 Å². The van der Waals surface area contributed by atoms with Gasteiger partial charge in [-0.2, -0.15) is 0 Å². The van der Waals surface area contributed by atoms with Crippen LogP contribution < -0.4 is 10.2 Å². The summed E-state index contributed by atoms with van der Waals surface area (Å²) in [7, 11) is 0. The monoisotopic (exact) mass is 369 g/mol. The number of anilines is 1. The highest BCUT2D eigenvalue weighted by atomic mass is 16.2. The van der Waals surface area contributed by atoms with Gasteiger partial charge in [0.15, 0.2) is 0 Å². The predicted molar refractivity (Wildman–Crippen MR) is 107 cm³/mol. The zero-order valence-corrected chi connectivity index (χ0v) is 16.2. The molecule has 1 saturated heterocycles. The number of likely N-dealkylation sites (tertiary alicyclic amines) is 1. The fourth-order valence-corrected chi connectivity index (χ4v) is 4.48. The summed E-state index contributed by atoms with van der Waals surface area (Å²) in [4.78, 5) is 28.9. The first-order chi connectivity index (χ1) is 13.2. The standard InChI is InChI=1S/C22H31N3O2/c26-21-10-9-17-5-1-2-8-20(17)25(21)14-4-13-24-15-11-19(12-16-24)23-22(27)18-6-3-7-18/h1-2,5,8,18-19H,3-4,6-7,9-16H2,(H,23,27). The fraction of sp³-hybridized carbons (Fsp3) is 0.636. The Kier molecular flexibility index (Phi) is 5.77. The van der Waals surface area contributed by atoms with Gasteiger partial charge in [0.2, 0.25) is 11.8 Å². The average molecular weight is 370 g/mol. The number of nitrogens with zero attached hydrogens (tertiary/aromatic N) is 2. The normalized spacial score (nSPS) is 21.6. The number of piperidine rings is 1. The number of rotatable bonds is 6. The van der Waals surface area contributed by atoms with Crippen molar-refractivity contribution in [2.45, 2.75) is 57.4 Å². The molecule has 27 heavy (non-hydrogen) atoms. The number of hydrogen-bond acceptors (Lipinski definition) is 3. The van der Waals surface area contributed by atoms with Crippen molar-refractivity contribution in [1.29, 1.82) is 0 Å². The molecule has 5 heteroatoms. The molecule has 1 saturated carbocycles. The number of fused-ring (bicyclic) bond motifs is 1. The van der Waals surface area contributed by atoms with E-state index in [1.54, 1.807) is 0 Å². The van der Waals surface area contributed by atoms with Crippen molar-refractivity contribution in [2.75, 3.05) is 31.1 Å². The second-order valence-electron chi connectivity index (χ2n) is 8.28. The fourth-order valence-electron chi connectivity index (χ4n) is 4.48. The summed E-state index contributed by atoms with van der Waals surface area (Å²) in [5.74, 6) is 0.820. The number of carbonyl (C=O) groups is 2. The summed E-state index contributed by atoms with van der Waals surface area (Å²) in [5, 5.41) is 3.25. The number of carbonyl (C=O) groups excluding carboxylic acids is 2. The Bertz CT molecular complexity index is 678. The lowest BCUT2D eigenvalue weighted by atomic mass is 9.84. The summed E-state index contributed by atoms with van der Waals surface area (Å²) in [6, 6.07) is 8.64. The summed E-state index contributed by atoms with van der Waals surface area (Å²) < 4.78 is 0. The number of para-hydroxylation sites is 1. The van der Waals surface area contributed by atoms with Crippen LogP contribution in [0.1, 0.15) is 50.5 Å². The van der Waals surface area contributed by atoms with Crippen molar-refractivity contribution < 1.29 is 9.59 Å². The zero-order chi connectivity index (χ0) is 18.6. The summed E-state index contributed by atoms with van der Waals surface area (Å²) >= 11 is 0. The van der Waals surface area contributed by atoms with E-state index in [0.29, 0.717) is 12.5 Å². The Morgan fingerprint density at radius 3 is 2.56 bits per heavy atom. The van der Waals surface area contributed by atoms with Gasteiger partial charge in [0, 0.05) is 43.7 Å². The van der Waals surface area contributed by atoms with E-state index < -0.39 is 0 Å². The third kappa shape index (κ3) is 4.34. The largest absolute Gasteiger partial charge is 0.353 e. The third-order valence-corrected chi connectivity index (χ3v) is 6.46. The molecule has 0 spiro atoms. The molecular weight excluding hydrogens is 338 g/mol. The number of benzene rings is 1. The maximum absolute atomic E-state index is 12.3. The summed E-state index contributed by atoms with van der Waals surface area (Å²) in [5.41, 5.74) is 2.39. The molecule has 1 aromatic carbocycles. The molecule has 0 unspecified atom stereocenters. The number of amides is 2. The van der Waals surface area contributed by atoms with Crippen LogP contribution in [0.25, 0.3) is 0 Å². The van der Waals surface area contributed by atoms with E-state index in [0.717, 1.165) is 70.4 Å². The van der Waals surface area contributed by atoms with Crippen LogP contribution in [0.5, 0.6) is 0 Å². The smallest absolute Gasteiger partial charge is 0.227 e. The van der Waals surface area contributed by atoms with Crippen LogP contribution in [0, 0.1) is 5.92 Å². The summed E-state index contributed by atoms with van der Waals surface area (Å²) in [6.07, 6.45) is 7.94. The van der Waals surface area contributed by atoms with E-state index in [1.807, 2.05) is 11.0 Å². The molecule has 0 atom stereocenters. The molecule has 2 amide bonds. The number of nitrogens with one attached hydrogen (secondary N) is 1. The van der Waals surface area contributed by atoms with Crippen LogP contribution in [0.4, 0.5) is 5.69 Å². The lowest BCUT2D eigenvalue weighted by Crippen LogP contribution is -2.47. The molecule has 4 rings (SSSR count). The highest BCUT2D eigenvalue weighted by Gasteiger charge is 2.28. The molecule has 146 valence electrons. The lowest BCUT2D eigenvalue weighted by Gasteiger charge is -2.35. The van der Waals surface area contributed by atoms with E-state index in [9.17, 15) is 9.59 Å². The van der Waals surface area contributed by atoms with Gasteiger partial charge in [-0.3, -0.25) is 9.59 Å². The third-order valence-electron chi connectivity index (χ3n) is 6.46. The molecule has 2 fully saturated rings. The van der Waals surface area contributed by atoms with Gasteiger partial charge in [0.05, 0.1) is 0 Å². The summed E-state index contributed by atoms with van der Waals surface area (Å²) in [6.45, 7) is 3.91. The topological polar surface area (TPSA) is 52.7 Å².